The number of ether oxygens (including phenoxy) is 2. The Hall–Kier alpha value is -5.74. The van der Waals surface area contributed by atoms with Gasteiger partial charge in [0, 0.05) is 53.8 Å². The molecule has 6 aromatic rings. The van der Waals surface area contributed by atoms with Crippen LogP contribution in [0.4, 0.5) is 5.69 Å². The summed E-state index contributed by atoms with van der Waals surface area (Å²) in [5, 5.41) is 3.23. The van der Waals surface area contributed by atoms with Crippen LogP contribution in [0.5, 0.6) is 11.5 Å². The summed E-state index contributed by atoms with van der Waals surface area (Å²) in [6.07, 6.45) is 4.79. The first-order valence-electron chi connectivity index (χ1n) is 16.2. The Balaban J connectivity index is 0.000000197. The molecule has 0 fully saturated rings. The second-order valence-corrected chi connectivity index (χ2v) is 12.4. The number of rotatable bonds is 12. The van der Waals surface area contributed by atoms with Crippen molar-refractivity contribution in [3.05, 3.63) is 139 Å². The van der Waals surface area contributed by atoms with Crippen molar-refractivity contribution >= 4 is 56.6 Å². The van der Waals surface area contributed by atoms with E-state index in [0.29, 0.717) is 46.8 Å². The van der Waals surface area contributed by atoms with Gasteiger partial charge in [-0.15, -0.1) is 11.3 Å². The molecule has 9 nitrogen and oxygen atoms in total. The van der Waals surface area contributed by atoms with Crippen molar-refractivity contribution in [3.63, 3.8) is 0 Å². The van der Waals surface area contributed by atoms with Crippen molar-refractivity contribution in [1.82, 2.24) is 0 Å². The Kier molecular flexibility index (Phi) is 11.8. The fraction of sp³-hybridized carbons (Fsp3) is 0.200. The van der Waals surface area contributed by atoms with Crippen LogP contribution in [0.3, 0.4) is 0 Å². The summed E-state index contributed by atoms with van der Waals surface area (Å²) in [6, 6.07) is 24.6. The second kappa shape index (κ2) is 16.6. The van der Waals surface area contributed by atoms with E-state index in [0.717, 1.165) is 28.8 Å². The molecule has 0 saturated heterocycles. The highest BCUT2D eigenvalue weighted by atomic mass is 32.1. The van der Waals surface area contributed by atoms with Crippen molar-refractivity contribution in [3.8, 4) is 11.5 Å². The van der Waals surface area contributed by atoms with Gasteiger partial charge in [0.05, 0.1) is 18.6 Å². The number of anilines is 1. The van der Waals surface area contributed by atoms with Crippen LogP contribution in [0.2, 0.25) is 0 Å². The first-order valence-corrected chi connectivity index (χ1v) is 17.0. The van der Waals surface area contributed by atoms with Crippen LogP contribution < -0.4 is 25.6 Å². The summed E-state index contributed by atoms with van der Waals surface area (Å²) in [7, 11) is 3.82. The van der Waals surface area contributed by atoms with Gasteiger partial charge in [-0.05, 0) is 60.7 Å². The lowest BCUT2D eigenvalue weighted by atomic mass is 10.0. The van der Waals surface area contributed by atoms with E-state index in [-0.39, 0.29) is 22.7 Å². The lowest BCUT2D eigenvalue weighted by Crippen LogP contribution is -2.15. The van der Waals surface area contributed by atoms with Crippen LogP contribution >= 0.6 is 11.3 Å². The van der Waals surface area contributed by atoms with Crippen molar-refractivity contribution in [1.29, 1.82) is 0 Å². The van der Waals surface area contributed by atoms with Gasteiger partial charge in [0.25, 0.3) is 0 Å². The molecule has 50 heavy (non-hydrogen) atoms. The molecule has 3 aromatic heterocycles. The molecule has 3 aromatic carbocycles. The molecule has 0 aliphatic heterocycles. The number of thiophene rings is 1. The maximum atomic E-state index is 12.7. The Morgan fingerprint density at radius 3 is 2.20 bits per heavy atom. The number of allylic oxidation sites excluding steroid dienone is 1. The standard InChI is InChI=1S/C22H22O5.C18H15NO3S/c1-3-10-25-16-12-19(26-11-4-2)17-14-18(22(24)27-20(17)13-16)21(23)15-8-6-5-7-9-15;1-19(2)13-6-5-12-10-15(18(21)22-17(12)11-13)16(20)8-7-14-4-3-9-23-14/h5-9,12-14H,3-4,10-11H2,1-2H3;3-11H,1-2H3. The number of nitrogens with zero attached hydrogens (tertiary/aromatic N) is 1. The van der Waals surface area contributed by atoms with Gasteiger partial charge in [-0.3, -0.25) is 9.59 Å². The first kappa shape index (κ1) is 35.6. The lowest BCUT2D eigenvalue weighted by Gasteiger charge is -2.12. The van der Waals surface area contributed by atoms with Crippen molar-refractivity contribution in [2.75, 3.05) is 32.2 Å². The lowest BCUT2D eigenvalue weighted by molar-refractivity contribution is 0.103. The maximum absolute atomic E-state index is 12.7. The number of carbonyl (C=O) groups excluding carboxylic acids is 2. The molecule has 0 unspecified atom stereocenters. The van der Waals surface area contributed by atoms with Crippen LogP contribution in [0, 0.1) is 0 Å². The third-order valence-electron chi connectivity index (χ3n) is 7.45. The summed E-state index contributed by atoms with van der Waals surface area (Å²) in [5.74, 6) is 0.372. The van der Waals surface area contributed by atoms with Crippen LogP contribution in [-0.2, 0) is 0 Å². The molecule has 10 heteroatoms. The van der Waals surface area contributed by atoms with Crippen molar-refractivity contribution in [2.24, 2.45) is 0 Å². The van der Waals surface area contributed by atoms with Crippen LogP contribution in [-0.4, -0.2) is 38.9 Å². The van der Waals surface area contributed by atoms with Gasteiger partial charge in [0.2, 0.25) is 0 Å². The van der Waals surface area contributed by atoms with E-state index in [9.17, 15) is 19.2 Å². The molecule has 0 spiro atoms. The highest BCUT2D eigenvalue weighted by Gasteiger charge is 2.19. The molecule has 0 bridgehead atoms. The van der Waals surface area contributed by atoms with Gasteiger partial charge in [0.1, 0.15) is 33.8 Å². The zero-order valence-electron chi connectivity index (χ0n) is 28.3. The van der Waals surface area contributed by atoms with Crippen LogP contribution in [0.25, 0.3) is 28.0 Å². The third-order valence-corrected chi connectivity index (χ3v) is 8.29. The molecule has 0 atom stereocenters. The molecular formula is C40H37NO8S. The fourth-order valence-electron chi connectivity index (χ4n) is 4.88. The molecule has 3 heterocycles. The van der Waals surface area contributed by atoms with E-state index in [2.05, 4.69) is 0 Å². The quantitative estimate of drug-likeness (QED) is 0.0708. The molecular weight excluding hydrogens is 655 g/mol. The molecule has 0 N–H and O–H groups in total. The zero-order chi connectivity index (χ0) is 35.6. The van der Waals surface area contributed by atoms with Crippen LogP contribution in [0.15, 0.2) is 115 Å². The summed E-state index contributed by atoms with van der Waals surface area (Å²) < 4.78 is 22.2. The molecule has 6 rings (SSSR count). The molecule has 0 radical (unpaired) electrons. The first-order chi connectivity index (χ1) is 24.2. The monoisotopic (exact) mass is 691 g/mol. The van der Waals surface area contributed by atoms with Gasteiger partial charge in [-0.25, -0.2) is 9.59 Å². The highest BCUT2D eigenvalue weighted by Crippen LogP contribution is 2.32. The topological polar surface area (TPSA) is 116 Å². The van der Waals surface area contributed by atoms with Gasteiger partial charge >= 0.3 is 11.3 Å². The van der Waals surface area contributed by atoms with Gasteiger partial charge < -0.3 is 23.2 Å². The predicted octanol–water partition coefficient (Wildman–Crippen LogP) is 8.42. The predicted molar refractivity (Wildman–Crippen MR) is 198 cm³/mol. The summed E-state index contributed by atoms with van der Waals surface area (Å²) in [5.41, 5.74) is 0.907. The normalized spacial score (nSPS) is 11.0. The van der Waals surface area contributed by atoms with E-state index in [1.165, 1.54) is 17.4 Å². The number of hydrogen-bond donors (Lipinski definition) is 0. The van der Waals surface area contributed by atoms with Crippen LogP contribution in [0.1, 0.15) is 57.8 Å². The number of ketones is 2. The third kappa shape index (κ3) is 8.64. The van der Waals surface area contributed by atoms with E-state index in [1.807, 2.05) is 68.6 Å². The largest absolute Gasteiger partial charge is 0.493 e. The van der Waals surface area contributed by atoms with Gasteiger partial charge in [0.15, 0.2) is 11.6 Å². The van der Waals surface area contributed by atoms with E-state index in [4.69, 9.17) is 18.3 Å². The minimum Gasteiger partial charge on any atom is -0.493 e. The second-order valence-electron chi connectivity index (χ2n) is 11.4. The Bertz CT molecular complexity index is 2250. The van der Waals surface area contributed by atoms with Gasteiger partial charge in [-0.1, -0.05) is 50.2 Å². The average Bonchev–Trinajstić information content (AvgIpc) is 3.65. The average molecular weight is 692 g/mol. The van der Waals surface area contributed by atoms with E-state index >= 15 is 0 Å². The smallest absolute Gasteiger partial charge is 0.347 e. The SMILES string of the molecule is CCCOc1cc(OCCC)c2cc(C(=O)c3ccccc3)c(=O)oc2c1.CN(C)c1ccc2cc(C(=O)C=Cc3cccs3)c(=O)oc2c1. The minimum absolute atomic E-state index is 0.0164. The van der Waals surface area contributed by atoms with E-state index < -0.39 is 11.3 Å². The summed E-state index contributed by atoms with van der Waals surface area (Å²) in [4.78, 5) is 52.3. The van der Waals surface area contributed by atoms with Gasteiger partial charge in [-0.2, -0.15) is 0 Å². The van der Waals surface area contributed by atoms with Crippen molar-refractivity contribution < 1.29 is 27.9 Å². The number of benzene rings is 3. The molecule has 256 valence electrons. The summed E-state index contributed by atoms with van der Waals surface area (Å²) in [6.45, 7) is 5.07. The number of fused-ring (bicyclic) bond motifs is 2. The molecule has 0 amide bonds. The molecule has 0 aliphatic rings. The maximum Gasteiger partial charge on any atom is 0.347 e. The Morgan fingerprint density at radius 2 is 1.50 bits per heavy atom. The fourth-order valence-corrected chi connectivity index (χ4v) is 5.50. The van der Waals surface area contributed by atoms with Crippen molar-refractivity contribution in [2.45, 2.75) is 26.7 Å². The zero-order valence-corrected chi connectivity index (χ0v) is 29.1. The van der Waals surface area contributed by atoms with E-state index in [1.54, 1.807) is 60.7 Å². The Labute approximate surface area is 293 Å². The number of carbonyl (C=O) groups is 2. The molecule has 0 aliphatic carbocycles. The molecule has 0 saturated carbocycles. The minimum atomic E-state index is -0.676. The summed E-state index contributed by atoms with van der Waals surface area (Å²) >= 11 is 1.53. The number of hydrogen-bond acceptors (Lipinski definition) is 10. The highest BCUT2D eigenvalue weighted by molar-refractivity contribution is 7.10. The Morgan fingerprint density at radius 1 is 0.780 bits per heavy atom.